The number of nitrogens with zero attached hydrogens (tertiary/aromatic N) is 1. The normalized spacial score (nSPS) is 10.3. The number of hydrogen-bond acceptors (Lipinski definition) is 4. The van der Waals surface area contributed by atoms with Crippen LogP contribution in [-0.4, -0.2) is 17.4 Å². The highest BCUT2D eigenvalue weighted by molar-refractivity contribution is 5.92. The van der Waals surface area contributed by atoms with Gasteiger partial charge in [0.15, 0.2) is 0 Å². The molecule has 0 aliphatic rings. The molecule has 3 aromatic rings. The molecule has 0 spiro atoms. The van der Waals surface area contributed by atoms with Gasteiger partial charge >= 0.3 is 0 Å². The van der Waals surface area contributed by atoms with Gasteiger partial charge in [-0.1, -0.05) is 30.3 Å². The van der Waals surface area contributed by atoms with Crippen LogP contribution in [0.2, 0.25) is 0 Å². The third-order valence-electron chi connectivity index (χ3n) is 3.75. The number of nitrogens with one attached hydrogen (secondary N) is 2. The van der Waals surface area contributed by atoms with Gasteiger partial charge in [-0.2, -0.15) is 0 Å². The molecule has 26 heavy (non-hydrogen) atoms. The summed E-state index contributed by atoms with van der Waals surface area (Å²) in [5.74, 6) is 0.680. The number of benzene rings is 2. The van der Waals surface area contributed by atoms with E-state index in [9.17, 15) is 4.79 Å². The van der Waals surface area contributed by atoms with Crippen molar-refractivity contribution < 1.29 is 9.53 Å². The molecule has 0 aliphatic heterocycles. The fourth-order valence-corrected chi connectivity index (χ4v) is 2.40. The average Bonchev–Trinajstić information content (AvgIpc) is 2.69. The minimum atomic E-state index is -0.0861. The number of pyridine rings is 1. The first-order chi connectivity index (χ1) is 12.8. The van der Waals surface area contributed by atoms with E-state index in [-0.39, 0.29) is 12.5 Å². The van der Waals surface area contributed by atoms with Crippen LogP contribution in [0.1, 0.15) is 11.1 Å². The van der Waals surface area contributed by atoms with E-state index >= 15 is 0 Å². The molecule has 0 saturated carbocycles. The predicted octanol–water partition coefficient (Wildman–Crippen LogP) is 3.39. The first kappa shape index (κ1) is 17.6. The Hall–Kier alpha value is -3.18. The standard InChI is InChI=1S/C21H21N3O2/c25-21(15-23-14-17-10-12-22-13-11-17)24-19-6-8-20(9-7-19)26-16-18-4-2-1-3-5-18/h1-13,23H,14-16H2,(H,24,25). The van der Waals surface area contributed by atoms with Crippen LogP contribution >= 0.6 is 0 Å². The quantitative estimate of drug-likeness (QED) is 0.656. The fraction of sp³-hybridized carbons (Fsp3) is 0.143. The Morgan fingerprint density at radius 3 is 2.35 bits per heavy atom. The van der Waals surface area contributed by atoms with Gasteiger partial charge in [0.2, 0.25) is 5.91 Å². The summed E-state index contributed by atoms with van der Waals surface area (Å²) in [6, 6.07) is 21.2. The van der Waals surface area contributed by atoms with Gasteiger partial charge in [0.1, 0.15) is 12.4 Å². The smallest absolute Gasteiger partial charge is 0.238 e. The molecular weight excluding hydrogens is 326 g/mol. The Morgan fingerprint density at radius 1 is 0.885 bits per heavy atom. The third kappa shape index (κ3) is 5.72. The lowest BCUT2D eigenvalue weighted by atomic mass is 10.2. The van der Waals surface area contributed by atoms with E-state index in [0.717, 1.165) is 22.6 Å². The van der Waals surface area contributed by atoms with Gasteiger partial charge < -0.3 is 15.4 Å². The molecule has 2 N–H and O–H groups in total. The van der Waals surface area contributed by atoms with Crippen molar-refractivity contribution in [2.45, 2.75) is 13.2 Å². The SMILES string of the molecule is O=C(CNCc1ccncc1)Nc1ccc(OCc2ccccc2)cc1. The number of carbonyl (C=O) groups is 1. The maximum absolute atomic E-state index is 12.0. The average molecular weight is 347 g/mol. The topological polar surface area (TPSA) is 63.2 Å². The summed E-state index contributed by atoms with van der Waals surface area (Å²) in [6.45, 7) is 1.39. The van der Waals surface area contributed by atoms with Crippen LogP contribution < -0.4 is 15.4 Å². The second-order valence-electron chi connectivity index (χ2n) is 5.81. The van der Waals surface area contributed by atoms with Crippen molar-refractivity contribution in [2.24, 2.45) is 0 Å². The van der Waals surface area contributed by atoms with Gasteiger partial charge in [-0.15, -0.1) is 0 Å². The highest BCUT2D eigenvalue weighted by atomic mass is 16.5. The Labute approximate surface area is 153 Å². The number of amides is 1. The number of hydrogen-bond donors (Lipinski definition) is 2. The molecule has 3 rings (SSSR count). The number of anilines is 1. The zero-order valence-corrected chi connectivity index (χ0v) is 14.4. The van der Waals surface area contributed by atoms with Crippen LogP contribution in [0, 0.1) is 0 Å². The van der Waals surface area contributed by atoms with E-state index in [1.165, 1.54) is 0 Å². The Kier molecular flexibility index (Phi) is 6.34. The van der Waals surface area contributed by atoms with Crippen molar-refractivity contribution in [1.82, 2.24) is 10.3 Å². The zero-order chi connectivity index (χ0) is 18.0. The van der Waals surface area contributed by atoms with Crippen molar-refractivity contribution in [3.63, 3.8) is 0 Å². The van der Waals surface area contributed by atoms with Gasteiger partial charge in [-0.3, -0.25) is 9.78 Å². The summed E-state index contributed by atoms with van der Waals surface area (Å²) in [7, 11) is 0. The molecule has 0 aliphatic carbocycles. The highest BCUT2D eigenvalue weighted by Crippen LogP contribution is 2.17. The van der Waals surface area contributed by atoms with Crippen LogP contribution in [0.3, 0.4) is 0 Å². The first-order valence-corrected chi connectivity index (χ1v) is 8.46. The van der Waals surface area contributed by atoms with Crippen molar-refractivity contribution in [3.8, 4) is 5.75 Å². The van der Waals surface area contributed by atoms with E-state index in [4.69, 9.17) is 4.74 Å². The maximum atomic E-state index is 12.0. The second kappa shape index (κ2) is 9.34. The maximum Gasteiger partial charge on any atom is 0.238 e. The van der Waals surface area contributed by atoms with Crippen LogP contribution in [0.25, 0.3) is 0 Å². The molecule has 0 atom stereocenters. The molecular formula is C21H21N3O2. The van der Waals surface area contributed by atoms with Crippen molar-refractivity contribution >= 4 is 11.6 Å². The van der Waals surface area contributed by atoms with Gasteiger partial charge in [-0.05, 0) is 47.5 Å². The summed E-state index contributed by atoms with van der Waals surface area (Å²) < 4.78 is 5.74. The van der Waals surface area contributed by atoms with Crippen LogP contribution in [0.4, 0.5) is 5.69 Å². The fourth-order valence-electron chi connectivity index (χ4n) is 2.40. The molecule has 132 valence electrons. The lowest BCUT2D eigenvalue weighted by molar-refractivity contribution is -0.115. The zero-order valence-electron chi connectivity index (χ0n) is 14.4. The summed E-state index contributed by atoms with van der Waals surface area (Å²) in [4.78, 5) is 15.9. The summed E-state index contributed by atoms with van der Waals surface area (Å²) >= 11 is 0. The van der Waals surface area contributed by atoms with Crippen molar-refractivity contribution in [1.29, 1.82) is 0 Å². The molecule has 1 amide bonds. The molecule has 1 heterocycles. The van der Waals surface area contributed by atoms with E-state index in [1.807, 2.05) is 66.7 Å². The largest absolute Gasteiger partial charge is 0.489 e. The van der Waals surface area contributed by atoms with Crippen molar-refractivity contribution in [3.05, 3.63) is 90.3 Å². The molecule has 2 aromatic carbocycles. The van der Waals surface area contributed by atoms with Gasteiger partial charge in [0.25, 0.3) is 0 Å². The molecule has 1 aromatic heterocycles. The lowest BCUT2D eigenvalue weighted by Crippen LogP contribution is -2.27. The molecule has 0 unspecified atom stereocenters. The van der Waals surface area contributed by atoms with Gasteiger partial charge in [-0.25, -0.2) is 0 Å². The van der Waals surface area contributed by atoms with E-state index in [2.05, 4.69) is 15.6 Å². The van der Waals surface area contributed by atoms with Crippen molar-refractivity contribution in [2.75, 3.05) is 11.9 Å². The number of carbonyl (C=O) groups excluding carboxylic acids is 1. The summed E-state index contributed by atoms with van der Waals surface area (Å²) in [5.41, 5.74) is 2.95. The molecule has 0 saturated heterocycles. The highest BCUT2D eigenvalue weighted by Gasteiger charge is 2.03. The molecule has 0 bridgehead atoms. The van der Waals surface area contributed by atoms with Gasteiger partial charge in [0.05, 0.1) is 6.54 Å². The summed E-state index contributed by atoms with van der Waals surface area (Å²) in [5, 5.41) is 5.97. The third-order valence-corrected chi connectivity index (χ3v) is 3.75. The summed E-state index contributed by atoms with van der Waals surface area (Å²) in [6.07, 6.45) is 3.47. The first-order valence-electron chi connectivity index (χ1n) is 8.46. The number of rotatable bonds is 8. The van der Waals surface area contributed by atoms with Crippen LogP contribution in [0.15, 0.2) is 79.1 Å². The van der Waals surface area contributed by atoms with E-state index in [0.29, 0.717) is 13.2 Å². The number of ether oxygens (including phenoxy) is 1. The van der Waals surface area contributed by atoms with Crippen LogP contribution in [0.5, 0.6) is 5.75 Å². The van der Waals surface area contributed by atoms with Gasteiger partial charge in [0, 0.05) is 24.6 Å². The Balaban J connectivity index is 1.41. The minimum absolute atomic E-state index is 0.0861. The molecule has 5 nitrogen and oxygen atoms in total. The van der Waals surface area contributed by atoms with E-state index < -0.39 is 0 Å². The van der Waals surface area contributed by atoms with Crippen LogP contribution in [-0.2, 0) is 17.9 Å². The second-order valence-corrected chi connectivity index (χ2v) is 5.81. The predicted molar refractivity (Wildman–Crippen MR) is 102 cm³/mol. The Bertz CT molecular complexity index is 806. The van der Waals surface area contributed by atoms with E-state index in [1.54, 1.807) is 12.4 Å². The lowest BCUT2D eigenvalue weighted by Gasteiger charge is -2.09. The number of aromatic nitrogens is 1. The molecule has 5 heteroatoms. The molecule has 0 radical (unpaired) electrons. The monoisotopic (exact) mass is 347 g/mol. The molecule has 0 fully saturated rings. The Morgan fingerprint density at radius 2 is 1.62 bits per heavy atom. The minimum Gasteiger partial charge on any atom is -0.489 e.